The summed E-state index contributed by atoms with van der Waals surface area (Å²) in [5.74, 6) is 0. The molecule has 1 aliphatic carbocycles. The lowest BCUT2D eigenvalue weighted by atomic mass is 9.82. The van der Waals surface area contributed by atoms with Crippen molar-refractivity contribution in [3.05, 3.63) is 230 Å². The number of furan rings is 2. The van der Waals surface area contributed by atoms with Crippen molar-refractivity contribution in [3.8, 4) is 22.3 Å². The predicted molar refractivity (Wildman–Crippen MR) is 271 cm³/mol. The summed E-state index contributed by atoms with van der Waals surface area (Å²) in [5.41, 5.74) is 17.4. The Morgan fingerprint density at radius 2 is 0.877 bits per heavy atom. The van der Waals surface area contributed by atoms with E-state index in [-0.39, 0.29) is 5.41 Å². The monoisotopic (exact) mass is 834 g/mol. The normalized spacial score (nSPS) is 12.9. The zero-order valence-corrected chi connectivity index (χ0v) is 36.0. The molecule has 2 heterocycles. The fourth-order valence-electron chi connectivity index (χ4n) is 10.5. The maximum Gasteiger partial charge on any atom is 0.144 e. The SMILES string of the molecule is CC1(C)c2ccccc2-c2ccc(N(c3ccccc3)c3ccc4oc5c(ccc6ccc7oc8cc(N(c9ccccc9)c9ccc(-c%10ccccc%10)cc9)ccc8c7c65)c4c3)cc21. The van der Waals surface area contributed by atoms with Crippen LogP contribution in [0.15, 0.2) is 227 Å². The van der Waals surface area contributed by atoms with Gasteiger partial charge in [0.15, 0.2) is 0 Å². The van der Waals surface area contributed by atoms with Gasteiger partial charge in [-0.3, -0.25) is 0 Å². The first-order valence-electron chi connectivity index (χ1n) is 22.3. The molecule has 65 heavy (non-hydrogen) atoms. The highest BCUT2D eigenvalue weighted by Gasteiger charge is 2.36. The summed E-state index contributed by atoms with van der Waals surface area (Å²) in [6, 6.07) is 78.1. The predicted octanol–water partition coefficient (Wildman–Crippen LogP) is 17.6. The Hall–Kier alpha value is -8.34. The lowest BCUT2D eigenvalue weighted by Gasteiger charge is -2.28. The Kier molecular flexibility index (Phi) is 8.22. The standard InChI is InChI=1S/C61H42N2O2/c1-61(2)53-21-13-12-20-48(53)49-32-28-46(37-54(49)61)63(43-18-10-5-11-19-43)45-30-35-55-52(36-45)50-31-24-41-25-34-56-59(58(41)60(50)65-55)51-33-29-47(38-57(51)64-56)62(42-16-8-4-9-17-42)44-26-22-40(23-27-44)39-14-6-3-7-15-39/h3-38H,1-2H3. The summed E-state index contributed by atoms with van der Waals surface area (Å²) in [7, 11) is 0. The molecule has 0 N–H and O–H groups in total. The Morgan fingerprint density at radius 1 is 0.338 bits per heavy atom. The number of rotatable bonds is 7. The lowest BCUT2D eigenvalue weighted by Crippen LogP contribution is -2.16. The van der Waals surface area contributed by atoms with Crippen molar-refractivity contribution >= 4 is 88.8 Å². The highest BCUT2D eigenvalue weighted by atomic mass is 16.3. The van der Waals surface area contributed by atoms with Crippen LogP contribution in [0.2, 0.25) is 0 Å². The molecule has 2 aromatic heterocycles. The second kappa shape index (κ2) is 14.3. The van der Waals surface area contributed by atoms with Crippen molar-refractivity contribution in [1.82, 2.24) is 0 Å². The van der Waals surface area contributed by atoms with Crippen LogP contribution in [0.3, 0.4) is 0 Å². The Morgan fingerprint density at radius 3 is 1.65 bits per heavy atom. The first-order valence-corrected chi connectivity index (χ1v) is 22.3. The summed E-state index contributed by atoms with van der Waals surface area (Å²) in [6.45, 7) is 4.68. The van der Waals surface area contributed by atoms with E-state index in [0.29, 0.717) is 0 Å². The van der Waals surface area contributed by atoms with Gasteiger partial charge in [0, 0.05) is 72.5 Å². The fraction of sp³-hybridized carbons (Fsp3) is 0.0492. The molecule has 308 valence electrons. The van der Waals surface area contributed by atoms with Crippen molar-refractivity contribution in [1.29, 1.82) is 0 Å². The van der Waals surface area contributed by atoms with Gasteiger partial charge in [0.25, 0.3) is 0 Å². The molecule has 1 aliphatic rings. The number of benzene rings is 10. The molecule has 0 saturated heterocycles. The number of nitrogens with zero attached hydrogens (tertiary/aromatic N) is 2. The highest BCUT2D eigenvalue weighted by Crippen LogP contribution is 2.51. The van der Waals surface area contributed by atoms with E-state index in [2.05, 4.69) is 242 Å². The van der Waals surface area contributed by atoms with Crippen LogP contribution in [-0.2, 0) is 5.41 Å². The van der Waals surface area contributed by atoms with Gasteiger partial charge in [-0.15, -0.1) is 0 Å². The fourth-order valence-corrected chi connectivity index (χ4v) is 10.5. The van der Waals surface area contributed by atoms with Crippen LogP contribution in [0.1, 0.15) is 25.0 Å². The van der Waals surface area contributed by atoms with Crippen molar-refractivity contribution in [2.75, 3.05) is 9.80 Å². The van der Waals surface area contributed by atoms with Crippen LogP contribution in [-0.4, -0.2) is 0 Å². The molecule has 12 aromatic rings. The molecular formula is C61H42N2O2. The lowest BCUT2D eigenvalue weighted by molar-refractivity contribution is 0.660. The van der Waals surface area contributed by atoms with E-state index in [1.807, 2.05) is 0 Å². The maximum absolute atomic E-state index is 6.91. The van der Waals surface area contributed by atoms with Gasteiger partial charge < -0.3 is 18.6 Å². The van der Waals surface area contributed by atoms with E-state index in [1.54, 1.807) is 0 Å². The van der Waals surface area contributed by atoms with E-state index >= 15 is 0 Å². The summed E-state index contributed by atoms with van der Waals surface area (Å²) in [6.07, 6.45) is 0. The largest absolute Gasteiger partial charge is 0.456 e. The second-order valence-electron chi connectivity index (χ2n) is 17.7. The number of fused-ring (bicyclic) bond motifs is 12. The molecule has 0 aliphatic heterocycles. The summed E-state index contributed by atoms with van der Waals surface area (Å²) < 4.78 is 13.7. The highest BCUT2D eigenvalue weighted by molar-refractivity contribution is 6.28. The molecule has 4 nitrogen and oxygen atoms in total. The Bertz CT molecular complexity index is 3790. The number of para-hydroxylation sites is 2. The molecule has 0 fully saturated rings. The summed E-state index contributed by atoms with van der Waals surface area (Å²) >= 11 is 0. The van der Waals surface area contributed by atoms with Crippen LogP contribution in [0.25, 0.3) is 76.9 Å². The van der Waals surface area contributed by atoms with Crippen LogP contribution in [0, 0.1) is 0 Å². The molecule has 0 unspecified atom stereocenters. The van der Waals surface area contributed by atoms with Gasteiger partial charge in [0.1, 0.15) is 22.3 Å². The molecular weight excluding hydrogens is 793 g/mol. The van der Waals surface area contributed by atoms with E-state index in [1.165, 1.54) is 33.4 Å². The molecule has 0 amide bonds. The third-order valence-electron chi connectivity index (χ3n) is 13.6. The van der Waals surface area contributed by atoms with E-state index in [4.69, 9.17) is 8.83 Å². The molecule has 0 spiro atoms. The number of hydrogen-bond acceptors (Lipinski definition) is 4. The van der Waals surface area contributed by atoms with Crippen molar-refractivity contribution in [2.45, 2.75) is 19.3 Å². The van der Waals surface area contributed by atoms with Crippen LogP contribution < -0.4 is 9.80 Å². The molecule has 0 bridgehead atoms. The average Bonchev–Trinajstić information content (AvgIpc) is 4.00. The van der Waals surface area contributed by atoms with Gasteiger partial charge in [-0.05, 0) is 130 Å². The number of hydrogen-bond donors (Lipinski definition) is 0. The second-order valence-corrected chi connectivity index (χ2v) is 17.7. The topological polar surface area (TPSA) is 32.8 Å². The van der Waals surface area contributed by atoms with Gasteiger partial charge in [-0.1, -0.05) is 135 Å². The minimum Gasteiger partial charge on any atom is -0.456 e. The van der Waals surface area contributed by atoms with Gasteiger partial charge in [-0.25, -0.2) is 0 Å². The van der Waals surface area contributed by atoms with Crippen LogP contribution in [0.5, 0.6) is 0 Å². The minimum absolute atomic E-state index is 0.114. The first-order chi connectivity index (χ1) is 32.0. The zero-order chi connectivity index (χ0) is 43.2. The first kappa shape index (κ1) is 37.2. The van der Waals surface area contributed by atoms with E-state index in [0.717, 1.165) is 88.8 Å². The third-order valence-corrected chi connectivity index (χ3v) is 13.6. The van der Waals surface area contributed by atoms with Crippen LogP contribution >= 0.6 is 0 Å². The summed E-state index contributed by atoms with van der Waals surface area (Å²) in [5, 5.41) is 6.40. The van der Waals surface area contributed by atoms with Gasteiger partial charge >= 0.3 is 0 Å². The van der Waals surface area contributed by atoms with Gasteiger partial charge in [0.05, 0.1) is 0 Å². The molecule has 13 rings (SSSR count). The smallest absolute Gasteiger partial charge is 0.144 e. The average molecular weight is 835 g/mol. The van der Waals surface area contributed by atoms with E-state index in [9.17, 15) is 0 Å². The Labute approximate surface area is 376 Å². The third kappa shape index (κ3) is 5.84. The molecule has 0 atom stereocenters. The zero-order valence-electron chi connectivity index (χ0n) is 36.0. The molecule has 4 heteroatoms. The summed E-state index contributed by atoms with van der Waals surface area (Å²) in [4.78, 5) is 4.66. The van der Waals surface area contributed by atoms with Crippen molar-refractivity contribution in [3.63, 3.8) is 0 Å². The maximum atomic E-state index is 6.91. The van der Waals surface area contributed by atoms with Gasteiger partial charge in [0.2, 0.25) is 0 Å². The number of anilines is 6. The molecule has 0 radical (unpaired) electrons. The van der Waals surface area contributed by atoms with Crippen LogP contribution in [0.4, 0.5) is 34.1 Å². The molecule has 10 aromatic carbocycles. The van der Waals surface area contributed by atoms with Gasteiger partial charge in [-0.2, -0.15) is 0 Å². The van der Waals surface area contributed by atoms with Crippen molar-refractivity contribution in [2.24, 2.45) is 0 Å². The van der Waals surface area contributed by atoms with Crippen molar-refractivity contribution < 1.29 is 8.83 Å². The van der Waals surface area contributed by atoms with E-state index < -0.39 is 0 Å². The quantitative estimate of drug-likeness (QED) is 0.160. The minimum atomic E-state index is -0.114. The Balaban J connectivity index is 0.940. The molecule has 0 saturated carbocycles.